The molecule has 0 radical (unpaired) electrons. The maximum absolute atomic E-state index is 13.0. The minimum absolute atomic E-state index is 0.0754. The van der Waals surface area contributed by atoms with Crippen LogP contribution in [0.4, 0.5) is 0 Å². The summed E-state index contributed by atoms with van der Waals surface area (Å²) in [6.45, 7) is 4.92. The van der Waals surface area contributed by atoms with Crippen LogP contribution in [0.25, 0.3) is 0 Å². The Bertz CT molecular complexity index is 1130. The van der Waals surface area contributed by atoms with Crippen LogP contribution in [0.15, 0.2) is 12.2 Å². The summed E-state index contributed by atoms with van der Waals surface area (Å²) in [6, 6.07) is -0.762. The van der Waals surface area contributed by atoms with Crippen LogP contribution in [-0.2, 0) is 18.4 Å². The summed E-state index contributed by atoms with van der Waals surface area (Å²) in [7, 11) is 1.62. The lowest BCUT2D eigenvalue weighted by Crippen LogP contribution is -2.46. The molecule has 0 aromatic carbocycles. The summed E-state index contributed by atoms with van der Waals surface area (Å²) in [5.74, 6) is -0.148. The van der Waals surface area contributed by atoms with Gasteiger partial charge in [-0.15, -0.1) is 0 Å². The van der Waals surface area contributed by atoms with Gasteiger partial charge in [0.15, 0.2) is 0 Å². The second-order valence-electron chi connectivity index (χ2n) is 22.4. The van der Waals surface area contributed by atoms with Crippen molar-refractivity contribution >= 4 is 13.7 Å². The summed E-state index contributed by atoms with van der Waals surface area (Å²) < 4.78 is 23.8. The van der Waals surface area contributed by atoms with Crippen LogP contribution in [0.1, 0.15) is 316 Å². The minimum Gasteiger partial charge on any atom is -0.391 e. The molecule has 0 aromatic heterocycles. The van der Waals surface area contributed by atoms with Crippen molar-refractivity contribution in [2.24, 2.45) is 0 Å². The van der Waals surface area contributed by atoms with Crippen LogP contribution in [0.5, 0.6) is 0 Å². The Kier molecular flexibility index (Phi) is 51.5. The number of amides is 1. The number of aliphatic hydroxyl groups is 1. The first-order valence-electron chi connectivity index (χ1n) is 30.6. The fourth-order valence-corrected chi connectivity index (χ4v) is 10.2. The Hall–Kier alpha value is -0.760. The van der Waals surface area contributed by atoms with Crippen molar-refractivity contribution in [1.29, 1.82) is 0 Å². The van der Waals surface area contributed by atoms with Crippen LogP contribution in [0, 0.1) is 0 Å². The van der Waals surface area contributed by atoms with E-state index in [-0.39, 0.29) is 19.1 Å². The molecule has 0 bridgehead atoms. The molecular weight excluding hydrogens is 876 g/mol. The van der Waals surface area contributed by atoms with Gasteiger partial charge in [-0.25, -0.2) is 4.57 Å². The standard InChI is InChI=1S/C60H121N2O6P/c1-6-8-10-12-14-16-18-20-22-23-24-25-26-27-28-29-30-31-32-33-34-35-36-37-38-40-41-43-45-47-49-51-53-59(63)58(57-68-69(65,66)67-56-55-62(3,4)5)61-60(64)54-52-50-48-46-44-42-39-21-19-17-15-13-11-9-7-2/h21,39,58-59,63H,6-20,22-38,40-57H2,1-5H3,(H-,61,64,65,66)/p+1/b39-21-. The average Bonchev–Trinajstić information content (AvgIpc) is 3.31. The predicted octanol–water partition coefficient (Wildman–Crippen LogP) is 18.6. The SMILES string of the molecule is CCCCCCCC/C=C\CCCCCCCC(=O)NC(COP(=O)(O)OCC[N+](C)(C)C)C(O)CCCCCCCCCCCCCCCCCCCCCCCCCCCCCCCCCC. The maximum Gasteiger partial charge on any atom is 0.472 e. The molecule has 0 aliphatic carbocycles. The van der Waals surface area contributed by atoms with Gasteiger partial charge in [0.2, 0.25) is 5.91 Å². The van der Waals surface area contributed by atoms with E-state index >= 15 is 0 Å². The number of hydrogen-bond acceptors (Lipinski definition) is 5. The Morgan fingerprint density at radius 3 is 1.12 bits per heavy atom. The lowest BCUT2D eigenvalue weighted by molar-refractivity contribution is -0.870. The molecule has 0 aliphatic rings. The molecule has 0 aliphatic heterocycles. The second-order valence-corrected chi connectivity index (χ2v) is 23.9. The Morgan fingerprint density at radius 1 is 0.478 bits per heavy atom. The van der Waals surface area contributed by atoms with E-state index in [9.17, 15) is 19.4 Å². The lowest BCUT2D eigenvalue weighted by atomic mass is 10.0. The van der Waals surface area contributed by atoms with E-state index in [1.807, 2.05) is 21.1 Å². The number of hydrogen-bond donors (Lipinski definition) is 3. The molecule has 0 rings (SSSR count). The van der Waals surface area contributed by atoms with Gasteiger partial charge in [0.25, 0.3) is 0 Å². The van der Waals surface area contributed by atoms with Crippen LogP contribution in [-0.4, -0.2) is 73.4 Å². The van der Waals surface area contributed by atoms with Crippen molar-refractivity contribution in [1.82, 2.24) is 5.32 Å². The van der Waals surface area contributed by atoms with Crippen LogP contribution < -0.4 is 5.32 Å². The van der Waals surface area contributed by atoms with Crippen LogP contribution in [0.2, 0.25) is 0 Å². The number of aliphatic hydroxyl groups excluding tert-OH is 1. The van der Waals surface area contributed by atoms with Gasteiger partial charge >= 0.3 is 7.82 Å². The number of likely N-dealkylation sites (N-methyl/N-ethyl adjacent to an activating group) is 1. The number of allylic oxidation sites excluding steroid dienone is 2. The zero-order chi connectivity index (χ0) is 50.6. The topological polar surface area (TPSA) is 105 Å². The molecule has 0 saturated heterocycles. The molecular formula is C60H122N2O6P+. The zero-order valence-corrected chi connectivity index (χ0v) is 48.0. The van der Waals surface area contributed by atoms with E-state index in [1.54, 1.807) is 0 Å². The highest BCUT2D eigenvalue weighted by atomic mass is 31.2. The largest absolute Gasteiger partial charge is 0.472 e. The first kappa shape index (κ1) is 68.2. The fourth-order valence-electron chi connectivity index (χ4n) is 9.46. The van der Waals surface area contributed by atoms with Crippen molar-refractivity contribution in [3.8, 4) is 0 Å². The number of unbranched alkanes of at least 4 members (excludes halogenated alkanes) is 42. The monoisotopic (exact) mass is 998 g/mol. The Morgan fingerprint density at radius 2 is 0.783 bits per heavy atom. The van der Waals surface area contributed by atoms with Gasteiger partial charge in [0, 0.05) is 6.42 Å². The predicted molar refractivity (Wildman–Crippen MR) is 300 cm³/mol. The van der Waals surface area contributed by atoms with E-state index in [0.717, 1.165) is 51.4 Å². The number of quaternary nitrogens is 1. The number of phosphoric acid groups is 1. The molecule has 0 spiro atoms. The van der Waals surface area contributed by atoms with Gasteiger partial charge in [-0.3, -0.25) is 13.8 Å². The number of carbonyl (C=O) groups excluding carboxylic acids is 1. The van der Waals surface area contributed by atoms with Gasteiger partial charge in [-0.1, -0.05) is 283 Å². The second kappa shape index (κ2) is 52.1. The summed E-state index contributed by atoms with van der Waals surface area (Å²) >= 11 is 0. The number of carbonyl (C=O) groups is 1. The zero-order valence-electron chi connectivity index (χ0n) is 47.1. The van der Waals surface area contributed by atoms with Crippen molar-refractivity contribution in [2.75, 3.05) is 40.9 Å². The highest BCUT2D eigenvalue weighted by Crippen LogP contribution is 2.43. The third kappa shape index (κ3) is 54.8. The van der Waals surface area contributed by atoms with Gasteiger partial charge in [-0.05, 0) is 38.5 Å². The molecule has 412 valence electrons. The lowest BCUT2D eigenvalue weighted by Gasteiger charge is -2.26. The highest BCUT2D eigenvalue weighted by molar-refractivity contribution is 7.47. The van der Waals surface area contributed by atoms with Gasteiger partial charge in [0.05, 0.1) is 39.9 Å². The molecule has 1 amide bonds. The molecule has 69 heavy (non-hydrogen) atoms. The summed E-state index contributed by atoms with van der Waals surface area (Å²) in [5.41, 5.74) is 0. The van der Waals surface area contributed by atoms with Crippen molar-refractivity contribution in [3.05, 3.63) is 12.2 Å². The average molecular weight is 999 g/mol. The summed E-state index contributed by atoms with van der Waals surface area (Å²) in [4.78, 5) is 23.3. The third-order valence-electron chi connectivity index (χ3n) is 14.3. The van der Waals surface area contributed by atoms with Gasteiger partial charge in [0.1, 0.15) is 13.2 Å². The number of nitrogens with zero attached hydrogens (tertiary/aromatic N) is 1. The van der Waals surface area contributed by atoms with Crippen molar-refractivity contribution in [2.45, 2.75) is 328 Å². The molecule has 3 atom stereocenters. The quantitative estimate of drug-likeness (QED) is 0.0243. The van der Waals surface area contributed by atoms with Crippen LogP contribution in [0.3, 0.4) is 0 Å². The van der Waals surface area contributed by atoms with E-state index in [2.05, 4.69) is 31.3 Å². The minimum atomic E-state index is -4.32. The molecule has 3 N–H and O–H groups in total. The third-order valence-corrected chi connectivity index (χ3v) is 15.2. The van der Waals surface area contributed by atoms with E-state index in [1.165, 1.54) is 238 Å². The Labute approximate surface area is 431 Å². The Balaban J connectivity index is 3.99. The maximum atomic E-state index is 13.0. The molecule has 9 heteroatoms. The number of rotatable bonds is 57. The van der Waals surface area contributed by atoms with E-state index in [4.69, 9.17) is 9.05 Å². The molecule has 0 aromatic rings. The van der Waals surface area contributed by atoms with Gasteiger partial charge in [-0.2, -0.15) is 0 Å². The van der Waals surface area contributed by atoms with Crippen molar-refractivity contribution in [3.63, 3.8) is 0 Å². The smallest absolute Gasteiger partial charge is 0.391 e. The number of nitrogens with one attached hydrogen (secondary N) is 1. The molecule has 8 nitrogen and oxygen atoms in total. The molecule has 0 saturated carbocycles. The number of phosphoric ester groups is 1. The highest BCUT2D eigenvalue weighted by Gasteiger charge is 2.28. The fraction of sp³-hybridized carbons (Fsp3) is 0.950. The van der Waals surface area contributed by atoms with E-state index < -0.39 is 20.0 Å². The molecule has 3 unspecified atom stereocenters. The van der Waals surface area contributed by atoms with Crippen molar-refractivity contribution < 1.29 is 32.9 Å². The summed E-state index contributed by atoms with van der Waals surface area (Å²) in [5, 5.41) is 14.1. The van der Waals surface area contributed by atoms with Crippen LogP contribution >= 0.6 is 7.82 Å². The molecule has 0 heterocycles. The normalized spacial score (nSPS) is 13.9. The first-order valence-corrected chi connectivity index (χ1v) is 32.0. The summed E-state index contributed by atoms with van der Waals surface area (Å²) in [6.07, 6.45) is 64.4. The first-order chi connectivity index (χ1) is 33.5. The van der Waals surface area contributed by atoms with E-state index in [0.29, 0.717) is 23.9 Å². The van der Waals surface area contributed by atoms with Gasteiger partial charge < -0.3 is 19.8 Å². The molecule has 0 fully saturated rings.